The summed E-state index contributed by atoms with van der Waals surface area (Å²) in [5, 5.41) is 0. The third-order valence-corrected chi connectivity index (χ3v) is 10.1. The number of rotatable bonds is 0. The van der Waals surface area contributed by atoms with Crippen LogP contribution >= 0.6 is 0 Å². The van der Waals surface area contributed by atoms with Crippen molar-refractivity contribution in [1.29, 1.82) is 0 Å². The fraction of sp³-hybridized carbons (Fsp3) is 1.00. The summed E-state index contributed by atoms with van der Waals surface area (Å²) in [4.78, 5) is 0. The topological polar surface area (TPSA) is 0 Å². The van der Waals surface area contributed by atoms with Crippen molar-refractivity contribution < 1.29 is 0 Å². The molecule has 6 atom stereocenters. The van der Waals surface area contributed by atoms with Gasteiger partial charge >= 0.3 is 0 Å². The molecule has 4 saturated carbocycles. The molecule has 0 saturated heterocycles. The first-order valence-electron chi connectivity index (χ1n) is 10.2. The SMILES string of the molecule is CC1(C)CCCC2(C)C1CCC1(C)C2CCC2CCCC21C. The van der Waals surface area contributed by atoms with Gasteiger partial charge in [0.15, 0.2) is 0 Å². The number of hydrogen-bond donors (Lipinski definition) is 0. The Morgan fingerprint density at radius 2 is 1.36 bits per heavy atom. The van der Waals surface area contributed by atoms with Crippen molar-refractivity contribution in [3.63, 3.8) is 0 Å². The second kappa shape index (κ2) is 4.54. The maximum atomic E-state index is 2.73. The smallest absolute Gasteiger partial charge is 0.0236 e. The van der Waals surface area contributed by atoms with Crippen molar-refractivity contribution in [2.75, 3.05) is 0 Å². The molecule has 0 aromatic rings. The van der Waals surface area contributed by atoms with Crippen LogP contribution in [0.1, 0.15) is 98.8 Å². The minimum atomic E-state index is 0.585. The molecular formula is C22H38. The summed E-state index contributed by atoms with van der Waals surface area (Å²) >= 11 is 0. The Labute approximate surface area is 138 Å². The molecule has 0 N–H and O–H groups in total. The minimum Gasteiger partial charge on any atom is -0.0596 e. The molecule has 0 aromatic heterocycles. The quantitative estimate of drug-likeness (QED) is 0.459. The summed E-state index contributed by atoms with van der Waals surface area (Å²) in [6.07, 6.45) is 15.1. The monoisotopic (exact) mass is 302 g/mol. The molecule has 0 amide bonds. The number of hydrogen-bond acceptors (Lipinski definition) is 0. The lowest BCUT2D eigenvalue weighted by Crippen LogP contribution is -2.61. The van der Waals surface area contributed by atoms with Crippen molar-refractivity contribution in [2.45, 2.75) is 98.8 Å². The lowest BCUT2D eigenvalue weighted by Gasteiger charge is -2.69. The van der Waals surface area contributed by atoms with Crippen LogP contribution < -0.4 is 0 Å². The van der Waals surface area contributed by atoms with E-state index >= 15 is 0 Å². The highest BCUT2D eigenvalue weighted by atomic mass is 14.7. The van der Waals surface area contributed by atoms with E-state index in [1.807, 2.05) is 0 Å². The molecule has 0 nitrogen and oxygen atoms in total. The normalized spacial score (nSPS) is 56.9. The van der Waals surface area contributed by atoms with Crippen LogP contribution in [0, 0.1) is 39.4 Å². The molecule has 0 spiro atoms. The Morgan fingerprint density at radius 1 is 0.591 bits per heavy atom. The van der Waals surface area contributed by atoms with Crippen molar-refractivity contribution in [2.24, 2.45) is 39.4 Å². The van der Waals surface area contributed by atoms with Crippen LogP contribution in [0.5, 0.6) is 0 Å². The van der Waals surface area contributed by atoms with Gasteiger partial charge < -0.3 is 0 Å². The third kappa shape index (κ3) is 1.71. The standard InChI is InChI=1S/C22H38/c1-19(2)12-7-13-20(3)17(19)11-15-22(5)18(20)10-9-16-8-6-14-21(16,22)4/h16-18H,6-15H2,1-5H3. The lowest BCUT2D eigenvalue weighted by molar-refractivity contribution is -0.199. The minimum absolute atomic E-state index is 0.585. The Hall–Kier alpha value is 0. The predicted molar refractivity (Wildman–Crippen MR) is 94.7 cm³/mol. The van der Waals surface area contributed by atoms with E-state index in [1.54, 1.807) is 12.8 Å². The summed E-state index contributed by atoms with van der Waals surface area (Å²) in [5.74, 6) is 3.02. The molecule has 0 aromatic carbocycles. The van der Waals surface area contributed by atoms with Crippen molar-refractivity contribution in [3.05, 3.63) is 0 Å². The highest BCUT2D eigenvalue weighted by Gasteiger charge is 2.66. The second-order valence-electron chi connectivity index (χ2n) is 11.0. The molecule has 0 heteroatoms. The van der Waals surface area contributed by atoms with Gasteiger partial charge in [-0.15, -0.1) is 0 Å². The van der Waals surface area contributed by atoms with Gasteiger partial charge in [-0.25, -0.2) is 0 Å². The molecule has 6 unspecified atom stereocenters. The van der Waals surface area contributed by atoms with Crippen LogP contribution in [0.3, 0.4) is 0 Å². The van der Waals surface area contributed by atoms with E-state index in [4.69, 9.17) is 0 Å². The molecule has 0 heterocycles. The van der Waals surface area contributed by atoms with Crippen molar-refractivity contribution >= 4 is 0 Å². The van der Waals surface area contributed by atoms with Gasteiger partial charge in [-0.05, 0) is 90.8 Å². The second-order valence-corrected chi connectivity index (χ2v) is 11.0. The van der Waals surface area contributed by atoms with Crippen LogP contribution in [-0.2, 0) is 0 Å². The Balaban J connectivity index is 1.76. The van der Waals surface area contributed by atoms with Crippen LogP contribution in [0.2, 0.25) is 0 Å². The lowest BCUT2D eigenvalue weighted by atomic mass is 9.36. The van der Waals surface area contributed by atoms with Gasteiger partial charge in [0, 0.05) is 0 Å². The molecular weight excluding hydrogens is 264 g/mol. The Morgan fingerprint density at radius 3 is 2.14 bits per heavy atom. The van der Waals surface area contributed by atoms with Crippen molar-refractivity contribution in [3.8, 4) is 0 Å². The highest BCUT2D eigenvalue weighted by molar-refractivity contribution is 5.15. The first-order chi connectivity index (χ1) is 10.2. The summed E-state index contributed by atoms with van der Waals surface area (Å²) in [6, 6.07) is 0. The van der Waals surface area contributed by atoms with E-state index in [2.05, 4.69) is 34.6 Å². The molecule has 0 aliphatic heterocycles. The average Bonchev–Trinajstić information content (AvgIpc) is 2.80. The van der Waals surface area contributed by atoms with Gasteiger partial charge in [0.2, 0.25) is 0 Å². The fourth-order valence-corrected chi connectivity index (χ4v) is 8.80. The molecule has 4 aliphatic rings. The fourth-order valence-electron chi connectivity index (χ4n) is 8.80. The molecule has 0 radical (unpaired) electrons. The van der Waals surface area contributed by atoms with Crippen LogP contribution in [0.25, 0.3) is 0 Å². The van der Waals surface area contributed by atoms with Gasteiger partial charge in [-0.1, -0.05) is 47.5 Å². The zero-order chi connectivity index (χ0) is 15.8. The zero-order valence-electron chi connectivity index (χ0n) is 15.8. The first-order valence-corrected chi connectivity index (χ1v) is 10.2. The maximum Gasteiger partial charge on any atom is -0.0236 e. The van der Waals surface area contributed by atoms with Gasteiger partial charge in [0.1, 0.15) is 0 Å². The van der Waals surface area contributed by atoms with E-state index in [0.717, 1.165) is 17.8 Å². The molecule has 4 aliphatic carbocycles. The maximum absolute atomic E-state index is 2.73. The molecule has 22 heavy (non-hydrogen) atoms. The third-order valence-electron chi connectivity index (χ3n) is 10.1. The average molecular weight is 303 g/mol. The van der Waals surface area contributed by atoms with Gasteiger partial charge in [-0.3, -0.25) is 0 Å². The van der Waals surface area contributed by atoms with Gasteiger partial charge in [0.05, 0.1) is 0 Å². The Kier molecular flexibility index (Phi) is 3.21. The van der Waals surface area contributed by atoms with Crippen LogP contribution in [0.4, 0.5) is 0 Å². The van der Waals surface area contributed by atoms with E-state index in [0.29, 0.717) is 21.7 Å². The highest BCUT2D eigenvalue weighted by Crippen LogP contribution is 2.74. The Bertz CT molecular complexity index is 463. The largest absolute Gasteiger partial charge is 0.0596 e. The van der Waals surface area contributed by atoms with E-state index in [1.165, 1.54) is 51.4 Å². The summed E-state index contributed by atoms with van der Waals surface area (Å²) in [5.41, 5.74) is 2.50. The first kappa shape index (κ1) is 15.5. The number of fused-ring (bicyclic) bond motifs is 5. The zero-order valence-corrected chi connectivity index (χ0v) is 15.8. The van der Waals surface area contributed by atoms with Crippen molar-refractivity contribution in [1.82, 2.24) is 0 Å². The summed E-state index contributed by atoms with van der Waals surface area (Å²) < 4.78 is 0. The van der Waals surface area contributed by atoms with Gasteiger partial charge in [-0.2, -0.15) is 0 Å². The molecule has 4 fully saturated rings. The van der Waals surface area contributed by atoms with Gasteiger partial charge in [0.25, 0.3) is 0 Å². The molecule has 4 rings (SSSR count). The van der Waals surface area contributed by atoms with Crippen LogP contribution in [-0.4, -0.2) is 0 Å². The molecule has 126 valence electrons. The summed E-state index contributed by atoms with van der Waals surface area (Å²) in [6.45, 7) is 13.3. The summed E-state index contributed by atoms with van der Waals surface area (Å²) in [7, 11) is 0. The van der Waals surface area contributed by atoms with Crippen LogP contribution in [0.15, 0.2) is 0 Å². The molecule has 0 bridgehead atoms. The van der Waals surface area contributed by atoms with E-state index in [9.17, 15) is 0 Å². The van der Waals surface area contributed by atoms with E-state index < -0.39 is 0 Å². The van der Waals surface area contributed by atoms with E-state index in [-0.39, 0.29) is 0 Å². The predicted octanol–water partition coefficient (Wildman–Crippen LogP) is 6.84.